The third kappa shape index (κ3) is 4.41. The van der Waals surface area contributed by atoms with Crippen LogP contribution in [0.3, 0.4) is 0 Å². The maximum atomic E-state index is 5.77. The van der Waals surface area contributed by atoms with Gasteiger partial charge in [0.15, 0.2) is 0 Å². The van der Waals surface area contributed by atoms with Gasteiger partial charge in [-0.25, -0.2) is 9.97 Å². The molecular weight excluding hydrogens is 406 g/mol. The summed E-state index contributed by atoms with van der Waals surface area (Å²) in [7, 11) is 0. The summed E-state index contributed by atoms with van der Waals surface area (Å²) in [6.07, 6.45) is 0. The summed E-state index contributed by atoms with van der Waals surface area (Å²) in [5, 5.41) is 12.2. The molecule has 0 spiro atoms. The second-order valence-corrected chi connectivity index (χ2v) is 7.98. The number of fused-ring (bicyclic) bond motifs is 1. The molecule has 31 heavy (non-hydrogen) atoms. The third-order valence-electron chi connectivity index (χ3n) is 4.69. The van der Waals surface area contributed by atoms with Crippen LogP contribution in [0.2, 0.25) is 0 Å². The Bertz CT molecular complexity index is 1320. The second-order valence-electron chi connectivity index (χ2n) is 7.01. The van der Waals surface area contributed by atoms with Gasteiger partial charge in [0, 0.05) is 11.3 Å². The number of para-hydroxylation sites is 2. The van der Waals surface area contributed by atoms with Crippen molar-refractivity contribution >= 4 is 34.5 Å². The van der Waals surface area contributed by atoms with Crippen molar-refractivity contribution in [2.24, 2.45) is 0 Å². The zero-order valence-electron chi connectivity index (χ0n) is 16.8. The first-order valence-corrected chi connectivity index (χ1v) is 10.8. The fraction of sp³-hybridized carbons (Fsp3) is 0.0833. The summed E-state index contributed by atoms with van der Waals surface area (Å²) >= 11 is 1.53. The molecule has 0 radical (unpaired) electrons. The topological polar surface area (TPSA) is 76.7 Å². The van der Waals surface area contributed by atoms with Gasteiger partial charge in [0.1, 0.15) is 10.7 Å². The number of benzene rings is 3. The van der Waals surface area contributed by atoms with Crippen LogP contribution in [0.1, 0.15) is 11.5 Å². The highest BCUT2D eigenvalue weighted by Crippen LogP contribution is 2.32. The lowest BCUT2D eigenvalue weighted by molar-refractivity contribution is 0.531. The smallest absolute Gasteiger partial charge is 0.320 e. The lowest BCUT2D eigenvalue weighted by Gasteiger charge is -2.09. The van der Waals surface area contributed by atoms with Crippen LogP contribution in [0.5, 0.6) is 0 Å². The largest absolute Gasteiger partial charge is 0.407 e. The van der Waals surface area contributed by atoms with E-state index in [0.717, 1.165) is 33.0 Å². The Hall–Kier alpha value is -3.71. The molecule has 7 heteroatoms. The highest BCUT2D eigenvalue weighted by atomic mass is 32.2. The van der Waals surface area contributed by atoms with Gasteiger partial charge in [-0.2, -0.15) is 0 Å². The minimum absolute atomic E-state index is 0.368. The first-order valence-electron chi connectivity index (χ1n) is 9.86. The Morgan fingerprint density at radius 1 is 0.806 bits per heavy atom. The van der Waals surface area contributed by atoms with Crippen LogP contribution in [0.25, 0.3) is 22.3 Å². The molecule has 1 N–H and O–H groups in total. The van der Waals surface area contributed by atoms with Gasteiger partial charge in [0.2, 0.25) is 5.89 Å². The minimum atomic E-state index is 0.368. The van der Waals surface area contributed by atoms with Crippen LogP contribution in [0.15, 0.2) is 88.3 Å². The van der Waals surface area contributed by atoms with Crippen LogP contribution in [0, 0.1) is 6.92 Å². The van der Waals surface area contributed by atoms with Crippen molar-refractivity contribution in [1.29, 1.82) is 0 Å². The lowest BCUT2D eigenvalue weighted by Crippen LogP contribution is -1.94. The zero-order valence-corrected chi connectivity index (χ0v) is 17.6. The first kappa shape index (κ1) is 19.3. The molecule has 2 aromatic heterocycles. The fourth-order valence-electron chi connectivity index (χ4n) is 3.12. The van der Waals surface area contributed by atoms with E-state index in [0.29, 0.717) is 17.7 Å². The molecule has 0 aliphatic rings. The Morgan fingerprint density at radius 2 is 1.52 bits per heavy atom. The molecular formula is C24H19N5OS. The van der Waals surface area contributed by atoms with Crippen molar-refractivity contribution in [3.8, 4) is 11.3 Å². The van der Waals surface area contributed by atoms with E-state index in [-0.39, 0.29) is 0 Å². The van der Waals surface area contributed by atoms with E-state index in [9.17, 15) is 0 Å². The van der Waals surface area contributed by atoms with Gasteiger partial charge in [0.05, 0.1) is 16.8 Å². The molecule has 2 heterocycles. The van der Waals surface area contributed by atoms with Crippen molar-refractivity contribution in [1.82, 2.24) is 20.2 Å². The summed E-state index contributed by atoms with van der Waals surface area (Å²) in [5.74, 6) is 1.02. The fourth-order valence-corrected chi connectivity index (χ4v) is 3.96. The van der Waals surface area contributed by atoms with Gasteiger partial charge in [-0.1, -0.05) is 77.0 Å². The summed E-state index contributed by atoms with van der Waals surface area (Å²) in [6.45, 7) is 2.05. The van der Waals surface area contributed by atoms with E-state index in [1.165, 1.54) is 17.3 Å². The van der Waals surface area contributed by atoms with E-state index >= 15 is 0 Å². The van der Waals surface area contributed by atoms with E-state index in [4.69, 9.17) is 14.4 Å². The summed E-state index contributed by atoms with van der Waals surface area (Å²) < 4.78 is 5.77. The van der Waals surface area contributed by atoms with E-state index in [1.54, 1.807) is 0 Å². The molecule has 3 aromatic carbocycles. The lowest BCUT2D eigenvalue weighted by atomic mass is 10.1. The van der Waals surface area contributed by atoms with E-state index in [1.807, 2.05) is 85.8 Å². The van der Waals surface area contributed by atoms with Crippen LogP contribution < -0.4 is 5.32 Å². The summed E-state index contributed by atoms with van der Waals surface area (Å²) in [6, 6.07) is 26.3. The molecule has 0 aliphatic heterocycles. The van der Waals surface area contributed by atoms with Gasteiger partial charge in [-0.05, 0) is 31.2 Å². The van der Waals surface area contributed by atoms with Crippen LogP contribution in [-0.2, 0) is 5.75 Å². The maximum Gasteiger partial charge on any atom is 0.320 e. The van der Waals surface area contributed by atoms with Gasteiger partial charge in [0.25, 0.3) is 0 Å². The summed E-state index contributed by atoms with van der Waals surface area (Å²) in [5.41, 5.74) is 5.70. The molecule has 0 saturated carbocycles. The molecule has 0 amide bonds. The predicted molar refractivity (Wildman–Crippen MR) is 123 cm³/mol. The highest BCUT2D eigenvalue weighted by molar-refractivity contribution is 7.98. The molecule has 0 unspecified atom stereocenters. The van der Waals surface area contributed by atoms with E-state index in [2.05, 4.69) is 15.5 Å². The number of aromatic nitrogens is 4. The zero-order chi connectivity index (χ0) is 21.0. The monoisotopic (exact) mass is 425 g/mol. The summed E-state index contributed by atoms with van der Waals surface area (Å²) in [4.78, 5) is 9.71. The highest BCUT2D eigenvalue weighted by Gasteiger charge is 2.14. The number of aryl methyl sites for hydroxylation is 1. The van der Waals surface area contributed by atoms with Crippen molar-refractivity contribution in [2.75, 3.05) is 5.32 Å². The van der Waals surface area contributed by atoms with Crippen LogP contribution in [-0.4, -0.2) is 20.2 Å². The number of nitrogens with one attached hydrogen (secondary N) is 1. The number of nitrogens with zero attached hydrogens (tertiary/aromatic N) is 4. The number of rotatable bonds is 6. The molecule has 5 rings (SSSR count). The number of anilines is 2. The van der Waals surface area contributed by atoms with Gasteiger partial charge in [-0.15, -0.1) is 5.10 Å². The predicted octanol–water partition coefficient (Wildman–Crippen LogP) is 6.02. The SMILES string of the molecule is Cc1ccc(Nc2nnc(CSc3nc4ccccc4nc3-c3ccccc3)o2)cc1. The molecule has 0 fully saturated rings. The Balaban J connectivity index is 1.38. The number of hydrogen-bond acceptors (Lipinski definition) is 7. The minimum Gasteiger partial charge on any atom is -0.407 e. The first-order chi connectivity index (χ1) is 15.2. The molecule has 0 saturated heterocycles. The van der Waals surface area contributed by atoms with Crippen molar-refractivity contribution in [3.63, 3.8) is 0 Å². The molecule has 5 aromatic rings. The normalized spacial score (nSPS) is 11.0. The van der Waals surface area contributed by atoms with Crippen molar-refractivity contribution < 1.29 is 4.42 Å². The second kappa shape index (κ2) is 8.57. The molecule has 0 atom stereocenters. The Labute approximate surface area is 183 Å². The Morgan fingerprint density at radius 3 is 2.29 bits per heavy atom. The Kier molecular flexibility index (Phi) is 5.33. The van der Waals surface area contributed by atoms with Crippen LogP contribution >= 0.6 is 11.8 Å². The molecule has 0 bridgehead atoms. The quantitative estimate of drug-likeness (QED) is 0.333. The molecule has 6 nitrogen and oxygen atoms in total. The maximum absolute atomic E-state index is 5.77. The standard InChI is InChI=1S/C24H19N5OS/c1-16-11-13-18(14-12-16)25-24-29-28-21(30-24)15-31-23-22(17-7-3-2-4-8-17)26-19-9-5-6-10-20(19)27-23/h2-14H,15H2,1H3,(H,25,29). The van der Waals surface area contributed by atoms with Gasteiger partial charge in [-0.3, -0.25) is 0 Å². The van der Waals surface area contributed by atoms with Crippen molar-refractivity contribution in [3.05, 3.63) is 90.3 Å². The molecule has 152 valence electrons. The van der Waals surface area contributed by atoms with Gasteiger partial charge < -0.3 is 9.73 Å². The van der Waals surface area contributed by atoms with Crippen LogP contribution in [0.4, 0.5) is 11.7 Å². The van der Waals surface area contributed by atoms with Crippen molar-refractivity contribution in [2.45, 2.75) is 17.7 Å². The third-order valence-corrected chi connectivity index (χ3v) is 5.64. The average molecular weight is 426 g/mol. The molecule has 0 aliphatic carbocycles. The number of thioether (sulfide) groups is 1. The average Bonchev–Trinajstić information content (AvgIpc) is 3.26. The van der Waals surface area contributed by atoms with Gasteiger partial charge >= 0.3 is 6.01 Å². The van der Waals surface area contributed by atoms with E-state index < -0.39 is 0 Å². The number of hydrogen-bond donors (Lipinski definition) is 1.